The Morgan fingerprint density at radius 2 is 1.47 bits per heavy atom. The summed E-state index contributed by atoms with van der Waals surface area (Å²) in [7, 11) is 2.15. The van der Waals surface area contributed by atoms with Crippen molar-refractivity contribution >= 4 is 17.0 Å². The van der Waals surface area contributed by atoms with E-state index in [0.29, 0.717) is 0 Å². The van der Waals surface area contributed by atoms with Crippen LogP contribution in [0.2, 0.25) is 0 Å². The topological polar surface area (TPSA) is 31.4 Å². The maximum absolute atomic E-state index is 5.03. The molecule has 0 atom stereocenters. The number of aromatic nitrogens is 1. The molecule has 6 rings (SSSR count). The Balaban J connectivity index is 1.40. The first kappa shape index (κ1) is 23.7. The third-order valence-corrected chi connectivity index (χ3v) is 7.50. The Labute approximate surface area is 224 Å². The molecule has 0 radical (unpaired) electrons. The molecule has 1 aromatic heterocycles. The van der Waals surface area contributed by atoms with E-state index in [1.165, 1.54) is 16.9 Å². The van der Waals surface area contributed by atoms with Crippen LogP contribution in [0.5, 0.6) is 0 Å². The number of aromatic amines is 1. The maximum atomic E-state index is 5.03. The van der Waals surface area contributed by atoms with Gasteiger partial charge in [0.25, 0.3) is 0 Å². The number of aliphatic imine (C=N–C) groups is 1. The van der Waals surface area contributed by atoms with Crippen molar-refractivity contribution in [1.82, 2.24) is 4.98 Å². The van der Waals surface area contributed by atoms with Crippen LogP contribution in [-0.4, -0.2) is 17.7 Å². The zero-order chi connectivity index (χ0) is 26.1. The Hall–Kier alpha value is -4.63. The van der Waals surface area contributed by atoms with Crippen molar-refractivity contribution in [2.45, 2.75) is 19.3 Å². The number of benzene rings is 3. The summed E-state index contributed by atoms with van der Waals surface area (Å²) in [4.78, 5) is 11.0. The molecule has 3 nitrogen and oxygen atoms in total. The Morgan fingerprint density at radius 3 is 2.21 bits per heavy atom. The summed E-state index contributed by atoms with van der Waals surface area (Å²) >= 11 is 0. The van der Waals surface area contributed by atoms with Gasteiger partial charge in [-0.2, -0.15) is 0 Å². The number of likely N-dealkylation sites (N-methyl/N-ethyl adjacent to an activating group) is 1. The second-order valence-corrected chi connectivity index (χ2v) is 10.3. The second kappa shape index (κ2) is 9.68. The van der Waals surface area contributed by atoms with Gasteiger partial charge < -0.3 is 9.88 Å². The maximum Gasteiger partial charge on any atom is 0.0731 e. The molecular weight excluding hydrogens is 462 g/mol. The van der Waals surface area contributed by atoms with Crippen LogP contribution in [0.4, 0.5) is 5.69 Å². The van der Waals surface area contributed by atoms with Gasteiger partial charge in [0.2, 0.25) is 0 Å². The van der Waals surface area contributed by atoms with Gasteiger partial charge in [-0.3, -0.25) is 0 Å². The largest absolute Gasteiger partial charge is 0.354 e. The SMILES string of the molecule is CN1\C(=C/C=C/C(=C2/C=CC(c3ccccc3)=N2)c2ccc(-c3ccccc3)[nH]2)C(C)(C)c2ccccc21. The van der Waals surface area contributed by atoms with Crippen molar-refractivity contribution in [3.63, 3.8) is 0 Å². The number of fused-ring (bicyclic) bond motifs is 1. The highest BCUT2D eigenvalue weighted by Gasteiger charge is 2.37. The number of nitrogens with one attached hydrogen (secondary N) is 1. The number of nitrogens with zero attached hydrogens (tertiary/aromatic N) is 2. The number of anilines is 1. The smallest absolute Gasteiger partial charge is 0.0731 e. The Bertz CT molecular complexity index is 1630. The van der Waals surface area contributed by atoms with Gasteiger partial charge >= 0.3 is 0 Å². The Morgan fingerprint density at radius 1 is 0.789 bits per heavy atom. The molecule has 2 aliphatic heterocycles. The monoisotopic (exact) mass is 493 g/mol. The molecule has 38 heavy (non-hydrogen) atoms. The second-order valence-electron chi connectivity index (χ2n) is 10.3. The first-order valence-electron chi connectivity index (χ1n) is 13.1. The Kier molecular flexibility index (Phi) is 6.05. The lowest BCUT2D eigenvalue weighted by Gasteiger charge is -2.23. The van der Waals surface area contributed by atoms with Crippen molar-refractivity contribution in [1.29, 1.82) is 0 Å². The molecule has 0 unspecified atom stereocenters. The van der Waals surface area contributed by atoms with Crippen molar-refractivity contribution in [3.8, 4) is 11.3 Å². The molecule has 3 heterocycles. The summed E-state index contributed by atoms with van der Waals surface area (Å²) in [6.45, 7) is 4.59. The molecule has 0 amide bonds. The molecule has 2 aliphatic rings. The van der Waals surface area contributed by atoms with Gasteiger partial charge in [0, 0.05) is 46.4 Å². The summed E-state index contributed by atoms with van der Waals surface area (Å²) in [5, 5.41) is 0. The van der Waals surface area contributed by atoms with Crippen LogP contribution >= 0.6 is 0 Å². The number of para-hydroxylation sites is 1. The van der Waals surface area contributed by atoms with E-state index >= 15 is 0 Å². The molecule has 186 valence electrons. The van der Waals surface area contributed by atoms with Gasteiger partial charge in [0.1, 0.15) is 0 Å². The third-order valence-electron chi connectivity index (χ3n) is 7.50. The first-order chi connectivity index (χ1) is 18.5. The van der Waals surface area contributed by atoms with Crippen molar-refractivity contribution in [3.05, 3.63) is 156 Å². The van der Waals surface area contributed by atoms with Crippen molar-refractivity contribution < 1.29 is 0 Å². The summed E-state index contributed by atoms with van der Waals surface area (Å²) in [6.07, 6.45) is 10.8. The van der Waals surface area contributed by atoms with E-state index in [1.54, 1.807) is 0 Å². The molecule has 0 saturated carbocycles. The highest BCUT2D eigenvalue weighted by molar-refractivity contribution is 6.12. The van der Waals surface area contributed by atoms with Gasteiger partial charge in [-0.25, -0.2) is 4.99 Å². The third kappa shape index (κ3) is 4.26. The lowest BCUT2D eigenvalue weighted by atomic mass is 9.84. The van der Waals surface area contributed by atoms with Crippen LogP contribution in [0.15, 0.2) is 144 Å². The van der Waals surface area contributed by atoms with E-state index in [9.17, 15) is 0 Å². The van der Waals surface area contributed by atoms with Crippen LogP contribution in [0, 0.1) is 0 Å². The number of hydrogen-bond donors (Lipinski definition) is 1. The predicted molar refractivity (Wildman–Crippen MR) is 160 cm³/mol. The minimum Gasteiger partial charge on any atom is -0.354 e. The molecule has 3 heteroatoms. The molecule has 0 fully saturated rings. The van der Waals surface area contributed by atoms with E-state index in [0.717, 1.165) is 39.5 Å². The van der Waals surface area contributed by atoms with Gasteiger partial charge in [0.05, 0.1) is 11.4 Å². The van der Waals surface area contributed by atoms with E-state index in [4.69, 9.17) is 4.99 Å². The minimum absolute atomic E-state index is 0.0677. The van der Waals surface area contributed by atoms with Crippen LogP contribution in [0.1, 0.15) is 30.7 Å². The molecular formula is C35H31N3. The summed E-state index contributed by atoms with van der Waals surface area (Å²) in [5.74, 6) is 0. The summed E-state index contributed by atoms with van der Waals surface area (Å²) < 4.78 is 0. The van der Waals surface area contributed by atoms with E-state index in [1.807, 2.05) is 12.1 Å². The normalized spacial score (nSPS) is 18.3. The molecule has 0 aliphatic carbocycles. The highest BCUT2D eigenvalue weighted by atomic mass is 15.2. The fourth-order valence-electron chi connectivity index (χ4n) is 5.47. The van der Waals surface area contributed by atoms with Crippen molar-refractivity contribution in [2.24, 2.45) is 4.99 Å². The van der Waals surface area contributed by atoms with E-state index in [2.05, 4.69) is 146 Å². The average molecular weight is 494 g/mol. The lowest BCUT2D eigenvalue weighted by molar-refractivity contribution is 0.640. The van der Waals surface area contributed by atoms with Gasteiger partial charge in [-0.05, 0) is 47.6 Å². The van der Waals surface area contributed by atoms with Gasteiger partial charge in [-0.15, -0.1) is 0 Å². The summed E-state index contributed by atoms with van der Waals surface area (Å²) in [6, 6.07) is 33.7. The lowest BCUT2D eigenvalue weighted by Crippen LogP contribution is -2.22. The molecule has 3 aromatic carbocycles. The molecule has 0 saturated heterocycles. The molecule has 0 spiro atoms. The number of hydrogen-bond acceptors (Lipinski definition) is 2. The zero-order valence-electron chi connectivity index (χ0n) is 22.0. The number of allylic oxidation sites excluding steroid dienone is 7. The van der Waals surface area contributed by atoms with E-state index < -0.39 is 0 Å². The van der Waals surface area contributed by atoms with E-state index in [-0.39, 0.29) is 5.41 Å². The number of rotatable bonds is 5. The van der Waals surface area contributed by atoms with Gasteiger partial charge in [0.15, 0.2) is 0 Å². The summed E-state index contributed by atoms with van der Waals surface area (Å²) in [5.41, 5.74) is 11.2. The number of H-pyrrole nitrogens is 1. The molecule has 0 bridgehead atoms. The first-order valence-corrected chi connectivity index (χ1v) is 13.1. The highest BCUT2D eigenvalue weighted by Crippen LogP contribution is 2.46. The molecule has 1 N–H and O–H groups in total. The zero-order valence-corrected chi connectivity index (χ0v) is 22.0. The average Bonchev–Trinajstić information content (AvgIpc) is 3.68. The predicted octanol–water partition coefficient (Wildman–Crippen LogP) is 8.32. The van der Waals surface area contributed by atoms with Crippen LogP contribution < -0.4 is 4.90 Å². The fraction of sp³-hybridized carbons (Fsp3) is 0.114. The molecule has 4 aromatic rings. The van der Waals surface area contributed by atoms with Crippen LogP contribution in [0.25, 0.3) is 16.8 Å². The van der Waals surface area contributed by atoms with Crippen molar-refractivity contribution in [2.75, 3.05) is 11.9 Å². The fourth-order valence-corrected chi connectivity index (χ4v) is 5.47. The standard InChI is InChI=1S/C35H31N3/c1-35(2)28-18-10-11-19-33(28)38(3)34(35)20-12-17-27(31-23-21-29(36-31)25-13-6-4-7-14-25)32-24-22-30(37-32)26-15-8-5-9-16-26/h4-24,36H,1-3H3/b17-12+,32-27+,34-20-. The quantitative estimate of drug-likeness (QED) is 0.298. The van der Waals surface area contributed by atoms with Crippen LogP contribution in [0.3, 0.4) is 0 Å². The van der Waals surface area contributed by atoms with Gasteiger partial charge in [-0.1, -0.05) is 105 Å². The van der Waals surface area contributed by atoms with Crippen LogP contribution in [-0.2, 0) is 5.41 Å². The minimum atomic E-state index is -0.0677.